The molecule has 0 spiro atoms. The Morgan fingerprint density at radius 3 is 2.57 bits per heavy atom. The van der Waals surface area contributed by atoms with Gasteiger partial charge in [0, 0.05) is 24.3 Å². The molecule has 0 fully saturated rings. The molecule has 1 amide bonds. The number of para-hydroxylation sites is 1. The Hall–Kier alpha value is -2.80. The molecule has 2 aromatic carbocycles. The van der Waals surface area contributed by atoms with Crippen molar-refractivity contribution in [2.45, 2.75) is 32.4 Å². The van der Waals surface area contributed by atoms with Crippen LogP contribution in [0, 0.1) is 11.3 Å². The molecule has 2 atom stereocenters. The third kappa shape index (κ3) is 2.91. The summed E-state index contributed by atoms with van der Waals surface area (Å²) < 4.78 is 0. The molecule has 1 N–H and O–H groups in total. The van der Waals surface area contributed by atoms with Gasteiger partial charge in [0.2, 0.25) is 5.91 Å². The van der Waals surface area contributed by atoms with Gasteiger partial charge in [-0.2, -0.15) is 5.26 Å². The lowest BCUT2D eigenvalue weighted by Crippen LogP contribution is -2.43. The second-order valence-electron chi connectivity index (χ2n) is 5.92. The van der Waals surface area contributed by atoms with Gasteiger partial charge < -0.3 is 10.2 Å². The Labute approximate surface area is 136 Å². The third-order valence-electron chi connectivity index (χ3n) is 4.28. The van der Waals surface area contributed by atoms with Crippen molar-refractivity contribution >= 4 is 17.3 Å². The van der Waals surface area contributed by atoms with E-state index in [4.69, 9.17) is 5.26 Å². The fourth-order valence-corrected chi connectivity index (χ4v) is 3.27. The predicted octanol–water partition coefficient (Wildman–Crippen LogP) is 3.86. The number of fused-ring (bicyclic) bond motifs is 1. The lowest BCUT2D eigenvalue weighted by Gasteiger charge is -2.39. The molecule has 0 saturated heterocycles. The molecule has 1 aliphatic rings. The Balaban J connectivity index is 1.92. The van der Waals surface area contributed by atoms with Crippen molar-refractivity contribution in [2.24, 2.45) is 0 Å². The molecule has 0 saturated carbocycles. The molecular formula is C19H19N3O. The highest BCUT2D eigenvalue weighted by Gasteiger charge is 2.31. The van der Waals surface area contributed by atoms with Crippen LogP contribution in [0.2, 0.25) is 0 Å². The summed E-state index contributed by atoms with van der Waals surface area (Å²) in [6.45, 7) is 3.69. The number of anilines is 2. The largest absolute Gasteiger partial charge is 0.378 e. The van der Waals surface area contributed by atoms with E-state index in [1.807, 2.05) is 47.4 Å². The van der Waals surface area contributed by atoms with Gasteiger partial charge in [0.15, 0.2) is 0 Å². The molecule has 0 aliphatic carbocycles. The molecule has 1 heterocycles. The van der Waals surface area contributed by atoms with Gasteiger partial charge in [-0.15, -0.1) is 0 Å². The van der Waals surface area contributed by atoms with Crippen LogP contribution in [0.4, 0.5) is 11.4 Å². The lowest BCUT2D eigenvalue weighted by atomic mass is 9.91. The first-order valence-electron chi connectivity index (χ1n) is 7.75. The first-order chi connectivity index (χ1) is 11.1. The fourth-order valence-electron chi connectivity index (χ4n) is 3.27. The van der Waals surface area contributed by atoms with E-state index in [1.165, 1.54) is 0 Å². The molecule has 4 heteroatoms. The fraction of sp³-hybridized carbons (Fsp3) is 0.263. The van der Waals surface area contributed by atoms with Crippen molar-refractivity contribution < 1.29 is 4.79 Å². The first kappa shape index (κ1) is 15.1. The van der Waals surface area contributed by atoms with Crippen LogP contribution < -0.4 is 10.2 Å². The monoisotopic (exact) mass is 305 g/mol. The first-order valence-corrected chi connectivity index (χ1v) is 7.75. The Bertz CT molecular complexity index is 761. The molecular weight excluding hydrogens is 286 g/mol. The topological polar surface area (TPSA) is 56.1 Å². The zero-order valence-corrected chi connectivity index (χ0v) is 13.3. The van der Waals surface area contributed by atoms with Gasteiger partial charge in [0.25, 0.3) is 0 Å². The van der Waals surface area contributed by atoms with E-state index in [0.29, 0.717) is 5.56 Å². The zero-order valence-electron chi connectivity index (χ0n) is 13.3. The highest BCUT2D eigenvalue weighted by molar-refractivity contribution is 5.93. The number of carbonyl (C=O) groups excluding carboxylic acids is 1. The Morgan fingerprint density at radius 1 is 1.22 bits per heavy atom. The number of nitriles is 1. The highest BCUT2D eigenvalue weighted by atomic mass is 16.2. The summed E-state index contributed by atoms with van der Waals surface area (Å²) in [5, 5.41) is 12.4. The lowest BCUT2D eigenvalue weighted by molar-refractivity contribution is -0.117. The zero-order chi connectivity index (χ0) is 16.4. The van der Waals surface area contributed by atoms with E-state index in [2.05, 4.69) is 24.4 Å². The number of benzene rings is 2. The van der Waals surface area contributed by atoms with Crippen molar-refractivity contribution in [3.8, 4) is 6.07 Å². The van der Waals surface area contributed by atoms with Gasteiger partial charge >= 0.3 is 0 Å². The van der Waals surface area contributed by atoms with Gasteiger partial charge in [-0.1, -0.05) is 18.2 Å². The summed E-state index contributed by atoms with van der Waals surface area (Å²) in [7, 11) is 0. The van der Waals surface area contributed by atoms with Crippen LogP contribution in [0.1, 0.15) is 37.4 Å². The molecule has 3 rings (SSSR count). The van der Waals surface area contributed by atoms with Gasteiger partial charge in [-0.05, 0) is 49.2 Å². The average molecular weight is 305 g/mol. The summed E-state index contributed by atoms with van der Waals surface area (Å²) in [6, 6.07) is 17.9. The van der Waals surface area contributed by atoms with Crippen LogP contribution in [0.15, 0.2) is 48.5 Å². The molecule has 1 aliphatic heterocycles. The van der Waals surface area contributed by atoms with Crippen molar-refractivity contribution in [3.05, 3.63) is 59.7 Å². The quantitative estimate of drug-likeness (QED) is 0.916. The molecule has 0 aromatic heterocycles. The van der Waals surface area contributed by atoms with Crippen LogP contribution >= 0.6 is 0 Å². The van der Waals surface area contributed by atoms with E-state index in [0.717, 1.165) is 23.4 Å². The predicted molar refractivity (Wildman–Crippen MR) is 91.2 cm³/mol. The standard InChI is InChI=1S/C19H19N3O/c1-13-11-18(21-16-9-7-15(12-20)8-10-16)17-5-3-4-6-19(17)22(13)14(2)23/h3-10,13,18,21H,11H2,1-2H3/t13-,18-/m0/s1. The number of hydrogen-bond donors (Lipinski definition) is 1. The minimum atomic E-state index is 0.0711. The van der Waals surface area contributed by atoms with E-state index in [9.17, 15) is 4.79 Å². The third-order valence-corrected chi connectivity index (χ3v) is 4.28. The smallest absolute Gasteiger partial charge is 0.224 e. The Kier molecular flexibility index (Phi) is 4.03. The maximum Gasteiger partial charge on any atom is 0.224 e. The van der Waals surface area contributed by atoms with Crippen LogP contribution in [0.5, 0.6) is 0 Å². The summed E-state index contributed by atoms with van der Waals surface area (Å²) in [5.41, 5.74) is 3.73. The number of carbonyl (C=O) groups is 1. The number of amides is 1. The molecule has 0 radical (unpaired) electrons. The van der Waals surface area contributed by atoms with Gasteiger partial charge in [0.05, 0.1) is 17.7 Å². The van der Waals surface area contributed by atoms with Crippen LogP contribution in [0.25, 0.3) is 0 Å². The molecule has 0 bridgehead atoms. The van der Waals surface area contributed by atoms with E-state index in [1.54, 1.807) is 6.92 Å². The second-order valence-corrected chi connectivity index (χ2v) is 5.92. The highest BCUT2D eigenvalue weighted by Crippen LogP contribution is 2.38. The number of hydrogen-bond acceptors (Lipinski definition) is 3. The minimum absolute atomic E-state index is 0.0711. The SMILES string of the molecule is CC(=O)N1c2ccccc2[C@@H](Nc2ccc(C#N)cc2)C[C@@H]1C. The number of nitrogens with one attached hydrogen (secondary N) is 1. The summed E-state index contributed by atoms with van der Waals surface area (Å²) in [4.78, 5) is 13.8. The van der Waals surface area contributed by atoms with E-state index < -0.39 is 0 Å². The van der Waals surface area contributed by atoms with Crippen molar-refractivity contribution in [1.82, 2.24) is 0 Å². The van der Waals surface area contributed by atoms with Crippen LogP contribution in [-0.2, 0) is 4.79 Å². The van der Waals surface area contributed by atoms with Gasteiger partial charge in [-0.25, -0.2) is 0 Å². The van der Waals surface area contributed by atoms with Crippen molar-refractivity contribution in [3.63, 3.8) is 0 Å². The Morgan fingerprint density at radius 2 is 1.91 bits per heavy atom. The number of nitrogens with zero attached hydrogens (tertiary/aromatic N) is 2. The molecule has 2 aromatic rings. The molecule has 4 nitrogen and oxygen atoms in total. The average Bonchev–Trinajstić information content (AvgIpc) is 2.55. The molecule has 23 heavy (non-hydrogen) atoms. The minimum Gasteiger partial charge on any atom is -0.378 e. The maximum atomic E-state index is 12.0. The summed E-state index contributed by atoms with van der Waals surface area (Å²) in [6.07, 6.45) is 0.844. The van der Waals surface area contributed by atoms with Gasteiger partial charge in [0.1, 0.15) is 0 Å². The van der Waals surface area contributed by atoms with Crippen LogP contribution in [0.3, 0.4) is 0 Å². The maximum absolute atomic E-state index is 12.0. The van der Waals surface area contributed by atoms with Crippen LogP contribution in [-0.4, -0.2) is 11.9 Å². The second kappa shape index (κ2) is 6.13. The molecule has 0 unspecified atom stereocenters. The van der Waals surface area contributed by atoms with Crippen molar-refractivity contribution in [1.29, 1.82) is 5.26 Å². The van der Waals surface area contributed by atoms with E-state index >= 15 is 0 Å². The summed E-state index contributed by atoms with van der Waals surface area (Å²) in [5.74, 6) is 0.0711. The van der Waals surface area contributed by atoms with Crippen molar-refractivity contribution in [2.75, 3.05) is 10.2 Å². The van der Waals surface area contributed by atoms with Gasteiger partial charge in [-0.3, -0.25) is 4.79 Å². The number of rotatable bonds is 2. The molecule has 116 valence electrons. The summed E-state index contributed by atoms with van der Waals surface area (Å²) >= 11 is 0. The normalized spacial score (nSPS) is 19.6. The van der Waals surface area contributed by atoms with E-state index in [-0.39, 0.29) is 18.0 Å².